The van der Waals surface area contributed by atoms with E-state index >= 15 is 0 Å². The lowest BCUT2D eigenvalue weighted by molar-refractivity contribution is -0.121. The van der Waals surface area contributed by atoms with Crippen LogP contribution in [0.1, 0.15) is 20.8 Å². The number of nitrogen functional groups attached to an aromatic ring is 1. The highest BCUT2D eigenvalue weighted by molar-refractivity contribution is 5.96. The number of aromatic nitrogens is 2. The van der Waals surface area contributed by atoms with Crippen molar-refractivity contribution in [1.82, 2.24) is 15.1 Å². The van der Waals surface area contributed by atoms with Crippen molar-refractivity contribution >= 4 is 23.6 Å². The van der Waals surface area contributed by atoms with Gasteiger partial charge in [0, 0.05) is 13.1 Å². The molecule has 0 aliphatic carbocycles. The maximum atomic E-state index is 12.1. The molecule has 1 aromatic rings. The minimum Gasteiger partial charge on any atom is -0.444 e. The number of anilines is 2. The Morgan fingerprint density at radius 2 is 2.00 bits per heavy atom. The van der Waals surface area contributed by atoms with Gasteiger partial charge in [0.15, 0.2) is 5.82 Å². The summed E-state index contributed by atoms with van der Waals surface area (Å²) in [5, 5.41) is 7.60. The minimum absolute atomic E-state index is 0.0407. The van der Waals surface area contributed by atoms with Gasteiger partial charge in [-0.15, -0.1) is 10.2 Å². The third kappa shape index (κ3) is 3.80. The van der Waals surface area contributed by atoms with Crippen LogP contribution in [-0.2, 0) is 9.53 Å². The molecule has 2 N–H and O–H groups in total. The Morgan fingerprint density at radius 1 is 1.29 bits per heavy atom. The van der Waals surface area contributed by atoms with Crippen LogP contribution in [0.4, 0.5) is 16.4 Å². The summed E-state index contributed by atoms with van der Waals surface area (Å²) < 4.78 is 5.25. The van der Waals surface area contributed by atoms with Crippen LogP contribution in [0.2, 0.25) is 0 Å². The smallest absolute Gasteiger partial charge is 0.410 e. The van der Waals surface area contributed by atoms with E-state index in [1.165, 1.54) is 9.80 Å². The van der Waals surface area contributed by atoms with Gasteiger partial charge in [-0.1, -0.05) is 0 Å². The van der Waals surface area contributed by atoms with E-state index in [0.717, 1.165) is 0 Å². The van der Waals surface area contributed by atoms with Crippen LogP contribution in [0.3, 0.4) is 0 Å². The Hall–Kier alpha value is -2.38. The second-order valence-electron chi connectivity index (χ2n) is 5.76. The van der Waals surface area contributed by atoms with Gasteiger partial charge in [-0.05, 0) is 32.9 Å². The molecule has 0 bridgehead atoms. The molecule has 0 radical (unpaired) electrons. The number of ether oxygens (including phenoxy) is 1. The topological polar surface area (TPSA) is 102 Å². The number of hydrogen-bond acceptors (Lipinski definition) is 6. The van der Waals surface area contributed by atoms with Crippen molar-refractivity contribution in [3.05, 3.63) is 12.1 Å². The van der Waals surface area contributed by atoms with E-state index in [0.29, 0.717) is 24.7 Å². The first-order chi connectivity index (χ1) is 9.76. The summed E-state index contributed by atoms with van der Waals surface area (Å²) in [6.45, 7) is 6.04. The second kappa shape index (κ2) is 5.55. The number of nitrogens with zero attached hydrogens (tertiary/aromatic N) is 4. The fourth-order valence-electron chi connectivity index (χ4n) is 1.88. The van der Waals surface area contributed by atoms with E-state index in [1.807, 2.05) is 0 Å². The number of amides is 2. The average molecular weight is 293 g/mol. The number of rotatable bonds is 1. The molecular weight excluding hydrogens is 274 g/mol. The van der Waals surface area contributed by atoms with Crippen LogP contribution in [-0.4, -0.2) is 52.3 Å². The van der Waals surface area contributed by atoms with E-state index < -0.39 is 11.7 Å². The third-order valence-corrected chi connectivity index (χ3v) is 2.82. The van der Waals surface area contributed by atoms with Crippen molar-refractivity contribution in [2.45, 2.75) is 26.4 Å². The summed E-state index contributed by atoms with van der Waals surface area (Å²) in [5.74, 6) is 0.489. The quantitative estimate of drug-likeness (QED) is 0.815. The summed E-state index contributed by atoms with van der Waals surface area (Å²) in [5.41, 5.74) is 4.88. The van der Waals surface area contributed by atoms with Crippen molar-refractivity contribution in [3.63, 3.8) is 0 Å². The lowest BCUT2D eigenvalue weighted by atomic mass is 10.2. The molecule has 1 aliphatic rings. The molecule has 2 heterocycles. The molecule has 0 aromatic carbocycles. The maximum absolute atomic E-state index is 12.1. The molecule has 0 spiro atoms. The van der Waals surface area contributed by atoms with E-state index in [4.69, 9.17) is 10.5 Å². The van der Waals surface area contributed by atoms with E-state index in [9.17, 15) is 9.59 Å². The van der Waals surface area contributed by atoms with Crippen LogP contribution in [0, 0.1) is 0 Å². The van der Waals surface area contributed by atoms with Gasteiger partial charge in [0.1, 0.15) is 18.0 Å². The minimum atomic E-state index is -0.584. The first-order valence-electron chi connectivity index (χ1n) is 6.64. The Balaban J connectivity index is 2.01. The normalized spacial score (nSPS) is 16.0. The van der Waals surface area contributed by atoms with Crippen molar-refractivity contribution < 1.29 is 14.3 Å². The van der Waals surface area contributed by atoms with Crippen LogP contribution in [0.15, 0.2) is 12.1 Å². The number of hydrogen-bond donors (Lipinski definition) is 1. The first kappa shape index (κ1) is 15.0. The highest BCUT2D eigenvalue weighted by atomic mass is 16.6. The molecule has 2 rings (SSSR count). The molecule has 1 saturated heterocycles. The predicted molar refractivity (Wildman–Crippen MR) is 76.6 cm³/mol. The van der Waals surface area contributed by atoms with Crippen molar-refractivity contribution in [1.29, 1.82) is 0 Å². The van der Waals surface area contributed by atoms with Crippen LogP contribution >= 0.6 is 0 Å². The first-order valence-corrected chi connectivity index (χ1v) is 6.64. The van der Waals surface area contributed by atoms with Gasteiger partial charge in [-0.2, -0.15) is 0 Å². The van der Waals surface area contributed by atoms with Crippen LogP contribution in [0.5, 0.6) is 0 Å². The molecule has 2 amide bonds. The highest BCUT2D eigenvalue weighted by Gasteiger charge is 2.31. The number of nitrogens with two attached hydrogens (primary N) is 1. The number of carbonyl (C=O) groups excluding carboxylic acids is 2. The maximum Gasteiger partial charge on any atom is 0.410 e. The van der Waals surface area contributed by atoms with E-state index in [1.54, 1.807) is 32.9 Å². The molecule has 0 atom stereocenters. The van der Waals surface area contributed by atoms with Gasteiger partial charge in [0.2, 0.25) is 5.91 Å². The predicted octanol–water partition coefficient (Wildman–Crippen LogP) is 0.642. The molecule has 1 aromatic heterocycles. The molecule has 0 saturated carbocycles. The van der Waals surface area contributed by atoms with Crippen molar-refractivity contribution in [2.24, 2.45) is 0 Å². The van der Waals surface area contributed by atoms with Gasteiger partial charge in [0.05, 0.1) is 0 Å². The van der Waals surface area contributed by atoms with Crippen LogP contribution < -0.4 is 10.6 Å². The van der Waals surface area contributed by atoms with Gasteiger partial charge in [-0.25, -0.2) is 4.79 Å². The SMILES string of the molecule is CC(C)(C)OC(=O)N1CCN(c2ccc(N)nn2)C(=O)C1. The fraction of sp³-hybridized carbons (Fsp3) is 0.538. The zero-order valence-electron chi connectivity index (χ0n) is 12.4. The zero-order valence-corrected chi connectivity index (χ0v) is 12.4. The summed E-state index contributed by atoms with van der Waals surface area (Å²) in [7, 11) is 0. The van der Waals surface area contributed by atoms with Crippen LogP contribution in [0.25, 0.3) is 0 Å². The number of carbonyl (C=O) groups is 2. The van der Waals surface area contributed by atoms with Gasteiger partial charge in [0.25, 0.3) is 0 Å². The summed E-state index contributed by atoms with van der Waals surface area (Å²) in [4.78, 5) is 26.9. The molecule has 0 unspecified atom stereocenters. The summed E-state index contributed by atoms with van der Waals surface area (Å²) in [6, 6.07) is 3.21. The zero-order chi connectivity index (χ0) is 15.6. The summed E-state index contributed by atoms with van der Waals surface area (Å²) >= 11 is 0. The molecular formula is C13H19N5O3. The summed E-state index contributed by atoms with van der Waals surface area (Å²) in [6.07, 6.45) is -0.487. The Bertz CT molecular complexity index is 538. The van der Waals surface area contributed by atoms with E-state index in [-0.39, 0.29) is 12.5 Å². The van der Waals surface area contributed by atoms with Crippen molar-refractivity contribution in [3.8, 4) is 0 Å². The Kier molecular flexibility index (Phi) is 3.97. The lowest BCUT2D eigenvalue weighted by Gasteiger charge is -2.34. The molecule has 21 heavy (non-hydrogen) atoms. The average Bonchev–Trinajstić information content (AvgIpc) is 2.38. The Labute approximate surface area is 122 Å². The van der Waals surface area contributed by atoms with Crippen molar-refractivity contribution in [2.75, 3.05) is 30.3 Å². The largest absolute Gasteiger partial charge is 0.444 e. The highest BCUT2D eigenvalue weighted by Crippen LogP contribution is 2.16. The molecule has 114 valence electrons. The number of piperazine rings is 1. The third-order valence-electron chi connectivity index (χ3n) is 2.82. The fourth-order valence-corrected chi connectivity index (χ4v) is 1.88. The lowest BCUT2D eigenvalue weighted by Crippen LogP contribution is -2.53. The Morgan fingerprint density at radius 3 is 2.52 bits per heavy atom. The molecule has 8 nitrogen and oxygen atoms in total. The standard InChI is InChI=1S/C13H19N5O3/c1-13(2,3)21-12(20)17-6-7-18(11(19)8-17)10-5-4-9(14)15-16-10/h4-5H,6-8H2,1-3H3,(H2,14,15). The monoisotopic (exact) mass is 293 g/mol. The molecule has 1 aliphatic heterocycles. The van der Waals surface area contributed by atoms with E-state index in [2.05, 4.69) is 10.2 Å². The van der Waals surface area contributed by atoms with Gasteiger partial charge in [-0.3, -0.25) is 14.6 Å². The molecule has 1 fully saturated rings. The second-order valence-corrected chi connectivity index (χ2v) is 5.76. The van der Waals surface area contributed by atoms with Gasteiger partial charge >= 0.3 is 6.09 Å². The van der Waals surface area contributed by atoms with Gasteiger partial charge < -0.3 is 10.5 Å². The molecule has 8 heteroatoms.